The van der Waals surface area contributed by atoms with Crippen LogP contribution in [-0.4, -0.2) is 50.9 Å². The van der Waals surface area contributed by atoms with Crippen molar-refractivity contribution >= 4 is 38.4 Å². The van der Waals surface area contributed by atoms with Gasteiger partial charge < -0.3 is 15.0 Å². The zero-order valence-corrected chi connectivity index (χ0v) is 24.9. The summed E-state index contributed by atoms with van der Waals surface area (Å²) in [5.74, 6) is 5.82. The number of esters is 1. The first-order valence-corrected chi connectivity index (χ1v) is 15.8. The summed E-state index contributed by atoms with van der Waals surface area (Å²) in [4.78, 5) is 28.1. The Kier molecular flexibility index (Phi) is 10.0. The molecule has 4 rings (SSSR count). The molecular formula is C33H35N3O5S. The first-order valence-electron chi connectivity index (χ1n) is 13.9. The van der Waals surface area contributed by atoms with Crippen LogP contribution in [0.3, 0.4) is 0 Å². The molecule has 0 atom stereocenters. The molecule has 0 bridgehead atoms. The first kappa shape index (κ1) is 30.4. The Labute approximate surface area is 247 Å². The van der Waals surface area contributed by atoms with E-state index in [1.165, 1.54) is 12.1 Å². The highest BCUT2D eigenvalue weighted by molar-refractivity contribution is 7.90. The second-order valence-electron chi connectivity index (χ2n) is 9.81. The van der Waals surface area contributed by atoms with Gasteiger partial charge in [-0.2, -0.15) is 0 Å². The van der Waals surface area contributed by atoms with Gasteiger partial charge in [0, 0.05) is 48.9 Å². The lowest BCUT2D eigenvalue weighted by Crippen LogP contribution is -2.30. The van der Waals surface area contributed by atoms with Gasteiger partial charge in [-0.1, -0.05) is 42.3 Å². The number of nitrogens with zero attached hydrogens (tertiary/aromatic N) is 2. The van der Waals surface area contributed by atoms with Crippen LogP contribution in [0.4, 0.5) is 10.5 Å². The van der Waals surface area contributed by atoms with Crippen molar-refractivity contribution < 1.29 is 22.7 Å². The van der Waals surface area contributed by atoms with Crippen LogP contribution in [0.15, 0.2) is 83.8 Å². The van der Waals surface area contributed by atoms with E-state index in [0.29, 0.717) is 17.7 Å². The summed E-state index contributed by atoms with van der Waals surface area (Å²) >= 11 is 0. The molecule has 1 aromatic heterocycles. The van der Waals surface area contributed by atoms with E-state index in [0.717, 1.165) is 41.5 Å². The summed E-state index contributed by atoms with van der Waals surface area (Å²) in [7, 11) is -3.31. The molecule has 0 spiro atoms. The third kappa shape index (κ3) is 7.80. The van der Waals surface area contributed by atoms with Crippen LogP contribution in [0.2, 0.25) is 0 Å². The molecule has 0 fully saturated rings. The molecule has 1 N–H and O–H groups in total. The number of fused-ring (bicyclic) bond motifs is 1. The number of ether oxygens (including phenoxy) is 1. The first-order chi connectivity index (χ1) is 20.2. The van der Waals surface area contributed by atoms with Gasteiger partial charge in [0.1, 0.15) is 12.3 Å². The van der Waals surface area contributed by atoms with Crippen molar-refractivity contribution in [3.05, 3.63) is 95.7 Å². The lowest BCUT2D eigenvalue weighted by Gasteiger charge is -2.21. The van der Waals surface area contributed by atoms with Crippen LogP contribution < -0.4 is 10.2 Å². The number of hydrogen-bond acceptors (Lipinski definition) is 6. The largest absolute Gasteiger partial charge is 0.461 e. The number of amides is 1. The van der Waals surface area contributed by atoms with Gasteiger partial charge in [-0.05, 0) is 74.2 Å². The Bertz CT molecular complexity index is 1710. The summed E-state index contributed by atoms with van der Waals surface area (Å²) < 4.78 is 30.4. The fraction of sp³-hybridized carbons (Fsp3) is 0.273. The minimum absolute atomic E-state index is 0.182. The van der Waals surface area contributed by atoms with Gasteiger partial charge in [-0.15, -0.1) is 0 Å². The maximum absolute atomic E-state index is 13.5. The number of aromatic nitrogens is 1. The Hall–Kier alpha value is -4.55. The predicted molar refractivity (Wildman–Crippen MR) is 165 cm³/mol. The van der Waals surface area contributed by atoms with Crippen molar-refractivity contribution in [2.75, 3.05) is 30.8 Å². The Morgan fingerprint density at radius 2 is 1.64 bits per heavy atom. The molecule has 0 aliphatic heterocycles. The molecule has 0 radical (unpaired) electrons. The maximum atomic E-state index is 13.5. The zero-order chi connectivity index (χ0) is 30.1. The fourth-order valence-electron chi connectivity index (χ4n) is 4.52. The molecule has 0 aliphatic carbocycles. The average Bonchev–Trinajstić information content (AvgIpc) is 3.36. The van der Waals surface area contributed by atoms with E-state index in [4.69, 9.17) is 4.74 Å². The van der Waals surface area contributed by atoms with Crippen LogP contribution in [-0.2, 0) is 26.0 Å². The van der Waals surface area contributed by atoms with E-state index in [9.17, 15) is 18.0 Å². The van der Waals surface area contributed by atoms with E-state index in [1.54, 1.807) is 16.7 Å². The van der Waals surface area contributed by atoms with E-state index >= 15 is 0 Å². The number of nitrogens with one attached hydrogen (secondary N) is 1. The highest BCUT2D eigenvalue weighted by atomic mass is 32.2. The standard InChI is InChI=1S/C33H35N3O5S/c1-4-35(5-2)28-18-16-27-22-29(17-13-25-14-19-30(20-15-25)42(3,39)40)36(31(27)23-28)33(38)34-21-9-12-32(37)41-24-26-10-7-6-8-11-26/h6-8,10-11,14-16,18-20,22-23H,4-5,9,12,21,24H2,1-3H3,(H,34,38). The molecular weight excluding hydrogens is 550 g/mol. The summed E-state index contributed by atoms with van der Waals surface area (Å²) in [5, 5.41) is 3.78. The van der Waals surface area contributed by atoms with Gasteiger partial charge in [-0.25, -0.2) is 13.2 Å². The molecule has 9 heteroatoms. The van der Waals surface area contributed by atoms with Crippen LogP contribution >= 0.6 is 0 Å². The van der Waals surface area contributed by atoms with Crippen LogP contribution in [0.5, 0.6) is 0 Å². The van der Waals surface area contributed by atoms with Crippen molar-refractivity contribution in [3.63, 3.8) is 0 Å². The van der Waals surface area contributed by atoms with Crippen LogP contribution in [0, 0.1) is 11.8 Å². The molecule has 0 aliphatic rings. The van der Waals surface area contributed by atoms with Gasteiger partial charge >= 0.3 is 12.0 Å². The minimum atomic E-state index is -3.31. The lowest BCUT2D eigenvalue weighted by atomic mass is 10.2. The highest BCUT2D eigenvalue weighted by Crippen LogP contribution is 2.25. The number of hydrogen-bond donors (Lipinski definition) is 1. The SMILES string of the molecule is CCN(CC)c1ccc2cc(C#Cc3ccc(S(C)(=O)=O)cc3)n(C(=O)NCCCC(=O)OCc3ccccc3)c2c1. The monoisotopic (exact) mass is 585 g/mol. The maximum Gasteiger partial charge on any atom is 0.327 e. The van der Waals surface area contributed by atoms with Crippen LogP contribution in [0.1, 0.15) is 43.5 Å². The topological polar surface area (TPSA) is 97.7 Å². The summed E-state index contributed by atoms with van der Waals surface area (Å²) in [5.41, 5.74) is 3.75. The van der Waals surface area contributed by atoms with Crippen molar-refractivity contribution in [3.8, 4) is 11.8 Å². The van der Waals surface area contributed by atoms with Gasteiger partial charge in [0.15, 0.2) is 9.84 Å². The Morgan fingerprint density at radius 3 is 2.31 bits per heavy atom. The van der Waals surface area contributed by atoms with Gasteiger partial charge in [0.2, 0.25) is 0 Å². The van der Waals surface area contributed by atoms with E-state index in [1.807, 2.05) is 54.6 Å². The molecule has 0 saturated carbocycles. The number of rotatable bonds is 10. The normalized spacial score (nSPS) is 11.0. The number of anilines is 1. The predicted octanol–water partition coefficient (Wildman–Crippen LogP) is 5.37. The second kappa shape index (κ2) is 13.9. The molecule has 218 valence electrons. The minimum Gasteiger partial charge on any atom is -0.461 e. The number of carbonyl (C=O) groups excluding carboxylic acids is 2. The number of carbonyl (C=O) groups is 2. The van der Waals surface area contributed by atoms with Crippen molar-refractivity contribution in [1.29, 1.82) is 0 Å². The summed E-state index contributed by atoms with van der Waals surface area (Å²) in [6, 6.07) is 23.3. The Morgan fingerprint density at radius 1 is 0.929 bits per heavy atom. The average molecular weight is 586 g/mol. The van der Waals surface area contributed by atoms with E-state index < -0.39 is 9.84 Å². The molecule has 0 unspecified atom stereocenters. The Balaban J connectivity index is 1.52. The fourth-order valence-corrected chi connectivity index (χ4v) is 5.16. The zero-order valence-electron chi connectivity index (χ0n) is 24.1. The number of benzene rings is 3. The quantitative estimate of drug-likeness (QED) is 0.153. The van der Waals surface area contributed by atoms with Gasteiger partial charge in [0.05, 0.1) is 10.4 Å². The smallest absolute Gasteiger partial charge is 0.327 e. The summed E-state index contributed by atoms with van der Waals surface area (Å²) in [6.07, 6.45) is 1.77. The van der Waals surface area contributed by atoms with E-state index in [2.05, 4.69) is 35.9 Å². The third-order valence-electron chi connectivity index (χ3n) is 6.81. The highest BCUT2D eigenvalue weighted by Gasteiger charge is 2.16. The number of sulfone groups is 1. The molecule has 1 heterocycles. The van der Waals surface area contributed by atoms with Crippen molar-refractivity contribution in [1.82, 2.24) is 9.88 Å². The van der Waals surface area contributed by atoms with E-state index in [-0.39, 0.29) is 36.5 Å². The second-order valence-corrected chi connectivity index (χ2v) is 11.8. The van der Waals surface area contributed by atoms with Crippen molar-refractivity contribution in [2.45, 2.75) is 38.2 Å². The van der Waals surface area contributed by atoms with Gasteiger partial charge in [0.25, 0.3) is 0 Å². The molecule has 8 nitrogen and oxygen atoms in total. The molecule has 1 amide bonds. The molecule has 42 heavy (non-hydrogen) atoms. The third-order valence-corrected chi connectivity index (χ3v) is 7.94. The molecule has 4 aromatic rings. The van der Waals surface area contributed by atoms with Crippen LogP contribution in [0.25, 0.3) is 10.9 Å². The lowest BCUT2D eigenvalue weighted by molar-refractivity contribution is -0.145. The summed E-state index contributed by atoms with van der Waals surface area (Å²) in [6.45, 7) is 6.31. The molecule has 0 saturated heterocycles. The van der Waals surface area contributed by atoms with Crippen molar-refractivity contribution in [2.24, 2.45) is 0 Å². The molecule has 3 aromatic carbocycles. The van der Waals surface area contributed by atoms with Gasteiger partial charge in [-0.3, -0.25) is 9.36 Å².